The summed E-state index contributed by atoms with van der Waals surface area (Å²) in [5.74, 6) is -0.832. The number of rotatable bonds is 4. The number of nitrogens with one attached hydrogen (secondary N) is 2. The summed E-state index contributed by atoms with van der Waals surface area (Å²) < 4.78 is 28.4. The molecule has 0 spiro atoms. The van der Waals surface area contributed by atoms with E-state index in [2.05, 4.69) is 52.7 Å². The van der Waals surface area contributed by atoms with E-state index in [4.69, 9.17) is 8.19 Å². The van der Waals surface area contributed by atoms with Crippen LogP contribution in [0.5, 0.6) is 5.75 Å². The Balaban J connectivity index is 0.000000176. The van der Waals surface area contributed by atoms with Crippen LogP contribution in [0.2, 0.25) is 0 Å². The fourth-order valence-corrected chi connectivity index (χ4v) is 5.26. The molecule has 4 rings (SSSR count). The van der Waals surface area contributed by atoms with Crippen molar-refractivity contribution in [1.82, 2.24) is 9.88 Å². The van der Waals surface area contributed by atoms with Crippen LogP contribution in [0.4, 0.5) is 5.69 Å². The number of likely N-dealkylation sites (N-methyl/N-ethyl adjacent to an activating group) is 1. The fraction of sp³-hybridized carbons (Fsp3) is 0.318. The van der Waals surface area contributed by atoms with Crippen molar-refractivity contribution >= 4 is 41.0 Å². The van der Waals surface area contributed by atoms with Crippen LogP contribution in [0, 0.1) is 0 Å². The number of fused-ring (bicyclic) bond motifs is 1. The largest absolute Gasteiger partial charge is 0.361 e. The molecule has 3 aromatic rings. The second kappa shape index (κ2) is 9.74. The molecule has 2 aromatic carbocycles. The van der Waals surface area contributed by atoms with Crippen LogP contribution in [0.3, 0.4) is 0 Å². The topological polar surface area (TPSA) is 126 Å². The zero-order valence-electron chi connectivity index (χ0n) is 17.6. The average Bonchev–Trinajstić information content (AvgIpc) is 3.29. The maximum absolute atomic E-state index is 11.0. The van der Waals surface area contributed by atoms with E-state index in [-0.39, 0.29) is 11.6 Å². The number of H-pyrrole nitrogens is 1. The first-order chi connectivity index (χ1) is 14.6. The Bertz CT molecular complexity index is 1110. The number of carbonyl (C=O) groups excluding carboxylic acids is 1. The van der Waals surface area contributed by atoms with Gasteiger partial charge in [-0.15, -0.1) is 0 Å². The number of benzene rings is 2. The summed E-state index contributed by atoms with van der Waals surface area (Å²) in [6.07, 6.45) is 6.05. The predicted molar refractivity (Wildman–Crippen MR) is 121 cm³/mol. The van der Waals surface area contributed by atoms with E-state index in [1.807, 2.05) is 0 Å². The molecule has 1 saturated heterocycles. The minimum absolute atomic E-state index is 0.236. The molecule has 0 bridgehead atoms. The first-order valence-corrected chi connectivity index (χ1v) is 13.5. The number of carbonyl (C=O) groups is 1. The van der Waals surface area contributed by atoms with Gasteiger partial charge >= 0.3 is 88.1 Å². The number of nitrogens with zero attached hydrogens (tertiary/aromatic N) is 1. The van der Waals surface area contributed by atoms with E-state index in [0.29, 0.717) is 0 Å². The molecule has 0 aliphatic carbocycles. The zero-order chi connectivity index (χ0) is 22.6. The third-order valence-corrected chi connectivity index (χ3v) is 7.48. The summed E-state index contributed by atoms with van der Waals surface area (Å²) in [6, 6.07) is 12.9. The van der Waals surface area contributed by atoms with Crippen molar-refractivity contribution in [2.45, 2.75) is 32.2 Å². The molecule has 1 aromatic heterocycles. The number of para-hydroxylation sites is 1. The van der Waals surface area contributed by atoms with Gasteiger partial charge in [0.2, 0.25) is 0 Å². The number of aromatic nitrogens is 1. The van der Waals surface area contributed by atoms with Gasteiger partial charge in [-0.3, -0.25) is 0 Å². The second-order valence-electron chi connectivity index (χ2n) is 7.77. The first kappa shape index (κ1) is 23.2. The van der Waals surface area contributed by atoms with E-state index >= 15 is 0 Å². The summed E-state index contributed by atoms with van der Waals surface area (Å²) in [4.78, 5) is 16.5. The number of phenols is 1. The zero-order valence-corrected chi connectivity index (χ0v) is 19.5. The van der Waals surface area contributed by atoms with Gasteiger partial charge in [0.1, 0.15) is 0 Å². The second-order valence-corrected chi connectivity index (χ2v) is 11.1. The molecule has 2 heterocycles. The van der Waals surface area contributed by atoms with E-state index in [1.165, 1.54) is 55.3 Å². The smallest absolute Gasteiger partial charge is 0.0456 e. The van der Waals surface area contributed by atoms with Gasteiger partial charge in [0.25, 0.3) is 0 Å². The Labute approximate surface area is 183 Å². The third kappa shape index (κ3) is 6.01. The Morgan fingerprint density at radius 1 is 1.26 bits per heavy atom. The molecule has 166 valence electrons. The molecule has 1 aliphatic heterocycles. The van der Waals surface area contributed by atoms with Gasteiger partial charge in [-0.05, 0) is 44.5 Å². The van der Waals surface area contributed by atoms with Crippen molar-refractivity contribution < 1.29 is 21.8 Å². The SMILES string of the molecule is CC(=O)Nc1ccc(O)c([As](=O)(O)O)c1.CN1CCCC1Cc1c[nH]c2ccccc12. The van der Waals surface area contributed by atoms with Crippen molar-refractivity contribution in [3.05, 3.63) is 54.2 Å². The number of likely N-dealkylation sites (tertiary alicyclic amines) is 1. The van der Waals surface area contributed by atoms with Gasteiger partial charge in [-0.2, -0.15) is 0 Å². The molecule has 9 heteroatoms. The van der Waals surface area contributed by atoms with Gasteiger partial charge in [-0.25, -0.2) is 0 Å². The molecule has 5 N–H and O–H groups in total. The minimum atomic E-state index is -5.15. The van der Waals surface area contributed by atoms with Crippen LogP contribution >= 0.6 is 0 Å². The van der Waals surface area contributed by atoms with Gasteiger partial charge in [0.15, 0.2) is 0 Å². The minimum Gasteiger partial charge on any atom is -0.361 e. The van der Waals surface area contributed by atoms with E-state index < -0.39 is 24.3 Å². The van der Waals surface area contributed by atoms with Gasteiger partial charge in [0.05, 0.1) is 0 Å². The fourth-order valence-electron chi connectivity index (χ4n) is 3.83. The molecule has 1 atom stereocenters. The van der Waals surface area contributed by atoms with Crippen molar-refractivity contribution in [2.24, 2.45) is 0 Å². The van der Waals surface area contributed by atoms with E-state index in [1.54, 1.807) is 0 Å². The Hall–Kier alpha value is -2.51. The summed E-state index contributed by atoms with van der Waals surface area (Å²) in [6.45, 7) is 2.53. The van der Waals surface area contributed by atoms with Crippen LogP contribution < -0.4 is 9.67 Å². The number of hydrogen-bond donors (Lipinski definition) is 5. The van der Waals surface area contributed by atoms with Crippen molar-refractivity contribution in [1.29, 1.82) is 0 Å². The quantitative estimate of drug-likeness (QED) is 0.281. The number of hydrogen-bond acceptors (Lipinski definition) is 4. The summed E-state index contributed by atoms with van der Waals surface area (Å²) in [5, 5.41) is 13.0. The van der Waals surface area contributed by atoms with Crippen molar-refractivity contribution in [2.75, 3.05) is 18.9 Å². The summed E-state index contributed by atoms with van der Waals surface area (Å²) >= 11 is -5.15. The first-order valence-electron chi connectivity index (χ1n) is 10.1. The maximum atomic E-state index is 11.0. The van der Waals surface area contributed by atoms with Crippen LogP contribution in [0.25, 0.3) is 10.9 Å². The monoisotopic (exact) mass is 489 g/mol. The number of aromatic hydroxyl groups is 1. The predicted octanol–water partition coefficient (Wildman–Crippen LogP) is 1.72. The number of amides is 1. The molecular formula is C22H28AsN3O5. The summed E-state index contributed by atoms with van der Waals surface area (Å²) in [5.41, 5.74) is 2.97. The molecule has 1 unspecified atom stereocenters. The van der Waals surface area contributed by atoms with Crippen LogP contribution in [-0.4, -0.2) is 62.9 Å². The van der Waals surface area contributed by atoms with Crippen molar-refractivity contribution in [3.63, 3.8) is 0 Å². The van der Waals surface area contributed by atoms with Gasteiger partial charge < -0.3 is 9.88 Å². The molecule has 1 amide bonds. The number of anilines is 1. The normalized spacial score (nSPS) is 16.7. The maximum Gasteiger partial charge on any atom is 0.0456 e. The molecule has 1 fully saturated rings. The van der Waals surface area contributed by atoms with Crippen LogP contribution in [0.1, 0.15) is 25.3 Å². The molecule has 0 saturated carbocycles. The Kier molecular flexibility index (Phi) is 7.28. The van der Waals surface area contributed by atoms with Crippen LogP contribution in [-0.2, 0) is 15.0 Å². The van der Waals surface area contributed by atoms with Crippen LogP contribution in [0.15, 0.2) is 48.7 Å². The third-order valence-electron chi connectivity index (χ3n) is 5.41. The molecule has 31 heavy (non-hydrogen) atoms. The van der Waals surface area contributed by atoms with Crippen molar-refractivity contribution in [3.8, 4) is 5.75 Å². The van der Waals surface area contributed by atoms with E-state index in [0.717, 1.165) is 18.2 Å². The standard InChI is InChI=1S/C14H18N2.C8H10AsNO5/c1-16-8-4-5-12(16)9-11-10-15-14-7-3-2-6-13(11)14;1-5(11)10-6-2-3-8(12)7(4-6)9(13,14)15/h2-3,6-7,10,12,15H,4-5,8-9H2,1H3;2-4,12H,1H3,(H,10,11)(H2,13,14,15). The van der Waals surface area contributed by atoms with Gasteiger partial charge in [0, 0.05) is 23.1 Å². The Morgan fingerprint density at radius 2 is 2.00 bits per heavy atom. The van der Waals surface area contributed by atoms with Gasteiger partial charge in [-0.1, -0.05) is 18.2 Å². The average molecular weight is 489 g/mol. The molecule has 1 aliphatic rings. The summed E-state index contributed by atoms with van der Waals surface area (Å²) in [7, 11) is 2.24. The number of aromatic amines is 1. The Morgan fingerprint density at radius 3 is 2.65 bits per heavy atom. The number of phenolic OH excluding ortho intramolecular Hbond substituents is 1. The molecule has 0 radical (unpaired) electrons. The van der Waals surface area contributed by atoms with E-state index in [9.17, 15) is 13.6 Å². The molecular weight excluding hydrogens is 461 g/mol. The molecule has 8 nitrogen and oxygen atoms in total.